The molecule has 6 heteroatoms. The highest BCUT2D eigenvalue weighted by Gasteiger charge is 2.42. The number of hydrogen-bond acceptors (Lipinski definition) is 2. The van der Waals surface area contributed by atoms with Crippen molar-refractivity contribution in [3.05, 3.63) is 34.6 Å². The second-order valence-corrected chi connectivity index (χ2v) is 6.63. The van der Waals surface area contributed by atoms with Crippen LogP contribution in [0.15, 0.2) is 18.2 Å². The lowest BCUT2D eigenvalue weighted by atomic mass is 10.1. The number of halogens is 2. The summed E-state index contributed by atoms with van der Waals surface area (Å²) in [4.78, 5) is 12.2. The second-order valence-electron chi connectivity index (χ2n) is 6.23. The molecule has 2 aliphatic carbocycles. The molecule has 2 aliphatic rings. The third-order valence-corrected chi connectivity index (χ3v) is 4.70. The lowest BCUT2D eigenvalue weighted by molar-refractivity contribution is 0.211. The molecule has 2 fully saturated rings. The number of urea groups is 1. The summed E-state index contributed by atoms with van der Waals surface area (Å²) in [6.07, 6.45) is 4.70. The molecule has 4 nitrogen and oxygen atoms in total. The monoisotopic (exact) mass is 326 g/mol. The van der Waals surface area contributed by atoms with Crippen molar-refractivity contribution in [1.29, 1.82) is 0 Å². The van der Waals surface area contributed by atoms with Gasteiger partial charge in [-0.1, -0.05) is 17.7 Å². The summed E-state index contributed by atoms with van der Waals surface area (Å²) < 4.78 is 13.5. The first kappa shape index (κ1) is 15.6. The molecule has 0 aromatic heterocycles. The number of carbonyl (C=O) groups is 1. The maximum absolute atomic E-state index is 13.5. The predicted octanol–water partition coefficient (Wildman–Crippen LogP) is 3.00. The summed E-state index contributed by atoms with van der Waals surface area (Å²) in [6, 6.07) is 3.55. The smallest absolute Gasteiger partial charge is 0.315 e. The van der Waals surface area contributed by atoms with E-state index in [1.807, 2.05) is 0 Å². The van der Waals surface area contributed by atoms with Crippen LogP contribution in [0.3, 0.4) is 0 Å². The van der Waals surface area contributed by atoms with Crippen molar-refractivity contribution in [3.8, 4) is 0 Å². The minimum Gasteiger partial charge on any atom is -0.394 e. The van der Waals surface area contributed by atoms with Gasteiger partial charge in [0, 0.05) is 6.04 Å². The van der Waals surface area contributed by atoms with Gasteiger partial charge in [-0.2, -0.15) is 0 Å². The minimum atomic E-state index is -0.647. The zero-order valence-electron chi connectivity index (χ0n) is 12.2. The van der Waals surface area contributed by atoms with E-state index in [0.717, 1.165) is 0 Å². The Bertz CT molecular complexity index is 549. The van der Waals surface area contributed by atoms with Gasteiger partial charge in [-0.15, -0.1) is 0 Å². The molecule has 0 heterocycles. The Morgan fingerprint density at radius 2 is 1.91 bits per heavy atom. The molecule has 1 aromatic carbocycles. The average Bonchev–Trinajstić information content (AvgIpc) is 3.38. The molecule has 2 saturated carbocycles. The van der Waals surface area contributed by atoms with Gasteiger partial charge in [0.25, 0.3) is 0 Å². The standard InChI is InChI=1S/C16H20ClFN2O2/c17-12-6-5-11(7-13(12)18)14(8-21)19-16(22)20-15(9-1-2-9)10-3-4-10/h5-7,9-10,14-15,21H,1-4,8H2,(H2,19,20,22). The first-order chi connectivity index (χ1) is 10.6. The second kappa shape index (κ2) is 6.42. The van der Waals surface area contributed by atoms with Crippen LogP contribution in [0.5, 0.6) is 0 Å². The highest BCUT2D eigenvalue weighted by Crippen LogP contribution is 2.44. The number of hydrogen-bond donors (Lipinski definition) is 3. The molecule has 1 unspecified atom stereocenters. The molecule has 0 spiro atoms. The SMILES string of the molecule is O=C(NC(CO)c1ccc(Cl)c(F)c1)NC(C1CC1)C1CC1. The number of amides is 2. The summed E-state index contributed by atoms with van der Waals surface area (Å²) >= 11 is 5.65. The lowest BCUT2D eigenvalue weighted by Crippen LogP contribution is -2.46. The van der Waals surface area contributed by atoms with Crippen LogP contribution in [0.1, 0.15) is 37.3 Å². The van der Waals surface area contributed by atoms with Gasteiger partial charge in [0.15, 0.2) is 0 Å². The number of nitrogens with one attached hydrogen (secondary N) is 2. The van der Waals surface area contributed by atoms with Gasteiger partial charge in [-0.05, 0) is 55.2 Å². The fourth-order valence-electron chi connectivity index (χ4n) is 2.85. The van der Waals surface area contributed by atoms with Gasteiger partial charge >= 0.3 is 6.03 Å². The van der Waals surface area contributed by atoms with Crippen LogP contribution < -0.4 is 10.6 Å². The van der Waals surface area contributed by atoms with Gasteiger partial charge in [-0.25, -0.2) is 9.18 Å². The topological polar surface area (TPSA) is 61.4 Å². The van der Waals surface area contributed by atoms with Crippen LogP contribution in [-0.2, 0) is 0 Å². The fourth-order valence-corrected chi connectivity index (χ4v) is 2.96. The van der Waals surface area contributed by atoms with Crippen molar-refractivity contribution in [1.82, 2.24) is 10.6 Å². The van der Waals surface area contributed by atoms with Crippen LogP contribution in [0.2, 0.25) is 5.02 Å². The van der Waals surface area contributed by atoms with E-state index in [1.54, 1.807) is 6.07 Å². The maximum atomic E-state index is 13.5. The summed E-state index contributed by atoms with van der Waals surface area (Å²) in [5.41, 5.74) is 0.494. The van der Waals surface area contributed by atoms with Gasteiger partial charge in [0.05, 0.1) is 17.7 Å². The van der Waals surface area contributed by atoms with Gasteiger partial charge < -0.3 is 15.7 Å². The van der Waals surface area contributed by atoms with E-state index in [1.165, 1.54) is 37.8 Å². The fraction of sp³-hybridized carbons (Fsp3) is 0.562. The van der Waals surface area contributed by atoms with Gasteiger partial charge in [-0.3, -0.25) is 0 Å². The zero-order valence-corrected chi connectivity index (χ0v) is 12.9. The molecular formula is C16H20ClFN2O2. The number of aliphatic hydroxyl groups is 1. The predicted molar refractivity (Wildman–Crippen MR) is 82.1 cm³/mol. The van der Waals surface area contributed by atoms with Crippen LogP contribution >= 0.6 is 11.6 Å². The third-order valence-electron chi connectivity index (χ3n) is 4.39. The van der Waals surface area contributed by atoms with E-state index in [0.29, 0.717) is 17.4 Å². The van der Waals surface area contributed by atoms with Crippen molar-refractivity contribution in [2.45, 2.75) is 37.8 Å². The number of carbonyl (C=O) groups excluding carboxylic acids is 1. The molecule has 3 rings (SSSR count). The minimum absolute atomic E-state index is 0.0208. The third kappa shape index (κ3) is 3.70. The zero-order chi connectivity index (χ0) is 15.7. The van der Waals surface area contributed by atoms with E-state index in [2.05, 4.69) is 10.6 Å². The number of benzene rings is 1. The van der Waals surface area contributed by atoms with E-state index in [9.17, 15) is 14.3 Å². The van der Waals surface area contributed by atoms with Crippen LogP contribution in [-0.4, -0.2) is 23.8 Å². The Kier molecular flexibility index (Phi) is 4.54. The van der Waals surface area contributed by atoms with Crippen LogP contribution in [0, 0.1) is 17.7 Å². The summed E-state index contributed by atoms with van der Waals surface area (Å²) in [6.45, 7) is -0.300. The normalized spacial score (nSPS) is 19.1. The van der Waals surface area contributed by atoms with E-state index >= 15 is 0 Å². The lowest BCUT2D eigenvalue weighted by Gasteiger charge is -2.22. The molecule has 3 N–H and O–H groups in total. The van der Waals surface area contributed by atoms with Crippen LogP contribution in [0.4, 0.5) is 9.18 Å². The molecular weight excluding hydrogens is 307 g/mol. The van der Waals surface area contributed by atoms with Crippen LogP contribution in [0.25, 0.3) is 0 Å². The molecule has 120 valence electrons. The van der Waals surface area contributed by atoms with E-state index in [-0.39, 0.29) is 23.7 Å². The Morgan fingerprint density at radius 1 is 1.27 bits per heavy atom. The molecule has 1 aromatic rings. The number of aliphatic hydroxyl groups excluding tert-OH is 1. The summed E-state index contributed by atoms with van der Waals surface area (Å²) in [7, 11) is 0. The molecule has 1 atom stereocenters. The molecule has 2 amide bonds. The Balaban J connectivity index is 1.61. The Labute approximate surface area is 134 Å². The molecule has 0 bridgehead atoms. The van der Waals surface area contributed by atoms with Crippen molar-refractivity contribution >= 4 is 17.6 Å². The molecule has 0 radical (unpaired) electrons. The quantitative estimate of drug-likeness (QED) is 0.752. The van der Waals surface area contributed by atoms with Gasteiger partial charge in [0.1, 0.15) is 5.82 Å². The highest BCUT2D eigenvalue weighted by molar-refractivity contribution is 6.30. The number of rotatable bonds is 6. The van der Waals surface area contributed by atoms with Gasteiger partial charge in [0.2, 0.25) is 0 Å². The average molecular weight is 327 g/mol. The van der Waals surface area contributed by atoms with E-state index < -0.39 is 11.9 Å². The largest absolute Gasteiger partial charge is 0.394 e. The highest BCUT2D eigenvalue weighted by atomic mass is 35.5. The summed E-state index contributed by atoms with van der Waals surface area (Å²) in [5.74, 6) is 0.631. The Morgan fingerprint density at radius 3 is 2.41 bits per heavy atom. The van der Waals surface area contributed by atoms with Crippen molar-refractivity contribution in [2.75, 3.05) is 6.61 Å². The molecule has 22 heavy (non-hydrogen) atoms. The van der Waals surface area contributed by atoms with Crippen molar-refractivity contribution in [2.24, 2.45) is 11.8 Å². The molecule has 0 aliphatic heterocycles. The molecule has 0 saturated heterocycles. The van der Waals surface area contributed by atoms with E-state index in [4.69, 9.17) is 11.6 Å². The Hall–Kier alpha value is -1.33. The first-order valence-corrected chi connectivity index (χ1v) is 8.09. The first-order valence-electron chi connectivity index (χ1n) is 7.71. The van der Waals surface area contributed by atoms with Crippen molar-refractivity contribution < 1.29 is 14.3 Å². The summed E-state index contributed by atoms with van der Waals surface area (Å²) in [5, 5.41) is 15.2. The van der Waals surface area contributed by atoms with Crippen molar-refractivity contribution in [3.63, 3.8) is 0 Å². The maximum Gasteiger partial charge on any atom is 0.315 e.